The molecule has 2 amide bonds. The minimum Gasteiger partial charge on any atom is -0.478 e. The fourth-order valence-electron chi connectivity index (χ4n) is 9.05. The van der Waals surface area contributed by atoms with Crippen LogP contribution in [0.1, 0.15) is 151 Å². The molecule has 2 aliphatic heterocycles. The van der Waals surface area contributed by atoms with Crippen molar-refractivity contribution in [2.45, 2.75) is 99.0 Å². The summed E-state index contributed by atoms with van der Waals surface area (Å²) in [4.78, 5) is 96.5. The number of fused-ring (bicyclic) bond motifs is 2. The molecule has 25 heteroatoms. The van der Waals surface area contributed by atoms with Crippen LogP contribution in [-0.4, -0.2) is 150 Å². The summed E-state index contributed by atoms with van der Waals surface area (Å²) in [6, 6.07) is 19.9. The largest absolute Gasteiger partial charge is 0.500 e. The first kappa shape index (κ1) is 67.9. The van der Waals surface area contributed by atoms with Crippen LogP contribution in [0.15, 0.2) is 72.8 Å². The number of nitrogens with one attached hydrogen (secondary N) is 2. The summed E-state index contributed by atoms with van der Waals surface area (Å²) in [5.74, 6) is -6.46. The lowest BCUT2D eigenvalue weighted by molar-refractivity contribution is 0.0425. The number of carboxylic acids is 2. The molecule has 0 bridgehead atoms. The highest BCUT2D eigenvalue weighted by molar-refractivity contribution is 6.66. The lowest BCUT2D eigenvalue weighted by Crippen LogP contribution is -2.46. The Morgan fingerprint density at radius 3 is 1.10 bits per heavy atom. The van der Waals surface area contributed by atoms with Gasteiger partial charge in [-0.1, -0.05) is 24.3 Å². The number of carbonyl (C=O) groups is 8. The molecule has 82 heavy (non-hydrogen) atoms. The number of hydrogen-bond acceptors (Lipinski definition) is 18. The van der Waals surface area contributed by atoms with Crippen molar-refractivity contribution < 1.29 is 89.0 Å². The first-order valence-corrected chi connectivity index (χ1v) is 34.4. The zero-order chi connectivity index (χ0) is 60.6. The van der Waals surface area contributed by atoms with E-state index in [-0.39, 0.29) is 57.6 Å². The summed E-state index contributed by atoms with van der Waals surface area (Å²) in [5.41, 5.74) is 7.82. The van der Waals surface area contributed by atoms with Gasteiger partial charge in [0.2, 0.25) is 0 Å². The molecule has 446 valence electrons. The van der Waals surface area contributed by atoms with Crippen molar-refractivity contribution >= 4 is 73.6 Å². The number of rotatable bonds is 31. The second-order valence-corrected chi connectivity index (χ2v) is 28.0. The fraction of sp³-hybridized carbons (Fsp3) is 0.439. The van der Waals surface area contributed by atoms with E-state index in [1.54, 1.807) is 12.1 Å². The smallest absolute Gasteiger partial charge is 0.478 e. The lowest BCUT2D eigenvalue weighted by atomic mass is 9.95. The summed E-state index contributed by atoms with van der Waals surface area (Å²) in [5, 5.41) is 25.2. The summed E-state index contributed by atoms with van der Waals surface area (Å²) in [7, 11) is -7.14. The van der Waals surface area contributed by atoms with Crippen molar-refractivity contribution in [2.24, 2.45) is 5.73 Å². The molecular weight excluding hydrogens is 1110 g/mol. The van der Waals surface area contributed by atoms with Gasteiger partial charge in [0.15, 0.2) is 0 Å². The minimum absolute atomic E-state index is 0.0616. The molecule has 0 aliphatic carbocycles. The highest BCUT2D eigenvalue weighted by atomic mass is 28.4. The molecule has 2 heterocycles. The highest BCUT2D eigenvalue weighted by Crippen LogP contribution is 2.31. The van der Waals surface area contributed by atoms with Gasteiger partial charge in [-0.3, -0.25) is 9.59 Å². The van der Waals surface area contributed by atoms with Gasteiger partial charge in [0.1, 0.15) is 0 Å². The molecule has 0 saturated carbocycles. The molecule has 0 radical (unpaired) electrons. The number of carboxylic acid groups (broad SMARTS) is 2. The lowest BCUT2D eigenvalue weighted by Gasteiger charge is -2.28. The molecule has 0 atom stereocenters. The number of amides is 2. The van der Waals surface area contributed by atoms with E-state index >= 15 is 0 Å². The van der Waals surface area contributed by atoms with Crippen molar-refractivity contribution in [3.8, 4) is 22.3 Å². The summed E-state index contributed by atoms with van der Waals surface area (Å²) >= 11 is 0. The number of ether oxygens (including phenoxy) is 2. The number of cyclic esters (lactones) is 4. The maximum atomic E-state index is 13.3. The van der Waals surface area contributed by atoms with Crippen LogP contribution in [0.2, 0.25) is 31.2 Å². The maximum absolute atomic E-state index is 13.3. The summed E-state index contributed by atoms with van der Waals surface area (Å²) < 4.78 is 49.6. The van der Waals surface area contributed by atoms with E-state index in [0.29, 0.717) is 80.2 Å². The van der Waals surface area contributed by atoms with Crippen LogP contribution in [0.5, 0.6) is 0 Å². The van der Waals surface area contributed by atoms with E-state index in [4.69, 9.17) is 36.7 Å². The second kappa shape index (κ2) is 32.9. The van der Waals surface area contributed by atoms with E-state index in [1.165, 1.54) is 60.7 Å². The maximum Gasteiger partial charge on any atom is 0.500 e. The molecular formula is C57H77N3O19Si3. The van der Waals surface area contributed by atoms with Crippen LogP contribution in [0.4, 0.5) is 0 Å². The van der Waals surface area contributed by atoms with Crippen LogP contribution in [-0.2, 0) is 40.5 Å². The Morgan fingerprint density at radius 1 is 0.439 bits per heavy atom. The summed E-state index contributed by atoms with van der Waals surface area (Å²) in [6.45, 7) is 22.5. The topological polar surface area (TPSA) is 310 Å². The van der Waals surface area contributed by atoms with Gasteiger partial charge < -0.3 is 67.0 Å². The predicted molar refractivity (Wildman–Crippen MR) is 310 cm³/mol. The van der Waals surface area contributed by atoms with Gasteiger partial charge in [-0.15, -0.1) is 0 Å². The van der Waals surface area contributed by atoms with Crippen LogP contribution in [0, 0.1) is 0 Å². The normalized spacial score (nSPS) is 12.8. The Labute approximate surface area is 481 Å². The molecule has 0 spiro atoms. The first-order chi connectivity index (χ1) is 39.1. The Kier molecular flexibility index (Phi) is 27.2. The number of nitrogens with two attached hydrogens (primary N) is 1. The van der Waals surface area contributed by atoms with Gasteiger partial charge >= 0.3 is 61.7 Å². The van der Waals surface area contributed by atoms with Crippen LogP contribution in [0.3, 0.4) is 0 Å². The Balaban J connectivity index is 0.000000343. The van der Waals surface area contributed by atoms with Crippen molar-refractivity contribution in [3.05, 3.63) is 117 Å². The average molecular weight is 1190 g/mol. The van der Waals surface area contributed by atoms with Crippen LogP contribution >= 0.6 is 0 Å². The van der Waals surface area contributed by atoms with Gasteiger partial charge in [0, 0.05) is 65.4 Å². The van der Waals surface area contributed by atoms with E-state index in [1.807, 2.05) is 55.0 Å². The third-order valence-corrected chi connectivity index (χ3v) is 22.0. The molecule has 6 N–H and O–H groups in total. The van der Waals surface area contributed by atoms with Gasteiger partial charge in [-0.05, 0) is 170 Å². The number of carbonyl (C=O) groups excluding carboxylic acids is 6. The molecule has 4 aromatic carbocycles. The van der Waals surface area contributed by atoms with Gasteiger partial charge in [-0.25, -0.2) is 28.8 Å². The number of aromatic carboxylic acids is 2. The third kappa shape index (κ3) is 19.0. The standard InChI is InChI=1S/C33H50N2O11Si2.C16H6O6.C8H21NO2Si/c1-7-42-47(6,43-8-2)20-12-18-34-30(36)28-22-24(14-16-26(28)32(38)39)25-15-17-27(33(40)41)29(23-25)31(37)35-19-13-21-48(44-9-3,45-10-4)46-11-5;17-13-9-3-1-7(5-11(9)15(19)21-13)8-2-4-10-12(6-8)16(20)22-14(10)18;1-4-10-12(3,11-5-2)8-6-7-9/h14-17,22-23H,7-13,18-21H2,1-6H3,(H,34,36)(H,35,37)(H,38,39)(H,40,41);1-6H;4-9H2,1-3H3. The van der Waals surface area contributed by atoms with Crippen LogP contribution < -0.4 is 16.4 Å². The Morgan fingerprint density at radius 2 is 0.756 bits per heavy atom. The van der Waals surface area contributed by atoms with Gasteiger partial charge in [0.05, 0.1) is 44.5 Å². The van der Waals surface area contributed by atoms with Gasteiger partial charge in [0.25, 0.3) is 11.8 Å². The monoisotopic (exact) mass is 1190 g/mol. The van der Waals surface area contributed by atoms with E-state index < -0.39 is 73.6 Å². The highest BCUT2D eigenvalue weighted by Gasteiger charge is 2.40. The molecule has 0 aromatic heterocycles. The Bertz CT molecular complexity index is 2800. The first-order valence-electron chi connectivity index (χ1n) is 27.4. The molecule has 0 unspecified atom stereocenters. The third-order valence-electron chi connectivity index (χ3n) is 12.7. The molecule has 22 nitrogen and oxygen atoms in total. The van der Waals surface area contributed by atoms with Crippen molar-refractivity contribution in [3.63, 3.8) is 0 Å². The number of benzene rings is 4. The minimum atomic E-state index is -2.91. The van der Waals surface area contributed by atoms with E-state index in [9.17, 15) is 48.6 Å². The molecule has 6 rings (SSSR count). The van der Waals surface area contributed by atoms with E-state index in [2.05, 4.69) is 26.7 Å². The fourth-order valence-corrected chi connectivity index (χ4v) is 16.5. The van der Waals surface area contributed by atoms with Crippen LogP contribution in [0.25, 0.3) is 22.3 Å². The van der Waals surface area contributed by atoms with E-state index in [0.717, 1.165) is 32.2 Å². The molecule has 0 saturated heterocycles. The Hall–Kier alpha value is -6.63. The zero-order valence-corrected chi connectivity index (χ0v) is 51.2. The summed E-state index contributed by atoms with van der Waals surface area (Å²) in [6.07, 6.45) is 2.06. The van der Waals surface area contributed by atoms with Crippen molar-refractivity contribution in [1.82, 2.24) is 10.6 Å². The zero-order valence-electron chi connectivity index (χ0n) is 48.2. The van der Waals surface area contributed by atoms with Crippen molar-refractivity contribution in [1.29, 1.82) is 0 Å². The molecule has 2 aliphatic rings. The quantitative estimate of drug-likeness (QED) is 0.0136. The number of esters is 4. The SMILES string of the molecule is CCO[Si](C)(CCCN)OCC.CCO[Si](C)(CCCNC(=O)c1cc(-c2ccc(C(=O)O)c(C(=O)NCCC[Si](OCC)(OCC)OCC)c2)ccc1C(=O)O)OCC.O=C1OC(=O)c2cc(-c3ccc4c(c3)C(=O)OC4=O)ccc21. The number of hydrogen-bond donors (Lipinski definition) is 5. The predicted octanol–water partition coefficient (Wildman–Crippen LogP) is 8.64. The van der Waals surface area contributed by atoms with Gasteiger partial charge in [-0.2, -0.15) is 0 Å². The second-order valence-electron chi connectivity index (χ2n) is 18.6. The molecule has 0 fully saturated rings. The van der Waals surface area contributed by atoms with Crippen molar-refractivity contribution in [2.75, 3.05) is 65.9 Å². The average Bonchev–Trinajstić information content (AvgIpc) is 3.90. The molecule has 4 aromatic rings.